The number of carbonyl (C=O) groups excluding carboxylic acids is 3. The van der Waals surface area contributed by atoms with E-state index < -0.39 is 60.2 Å². The van der Waals surface area contributed by atoms with Crippen molar-refractivity contribution in [3.63, 3.8) is 0 Å². The fraction of sp³-hybridized carbons (Fsp3) is 0.464. The van der Waals surface area contributed by atoms with Crippen molar-refractivity contribution in [1.29, 1.82) is 0 Å². The van der Waals surface area contributed by atoms with Crippen LogP contribution in [0, 0.1) is 0 Å². The van der Waals surface area contributed by atoms with Crippen LogP contribution in [-0.2, 0) is 30.4 Å². The van der Waals surface area contributed by atoms with Gasteiger partial charge in [-0.25, -0.2) is 4.79 Å². The van der Waals surface area contributed by atoms with Crippen LogP contribution in [0.3, 0.4) is 0 Å². The lowest BCUT2D eigenvalue weighted by Crippen LogP contribution is -2.57. The number of nitrogens with two attached hydrogens (primary N) is 5. The summed E-state index contributed by atoms with van der Waals surface area (Å²) in [4.78, 5) is 73.8. The van der Waals surface area contributed by atoms with Crippen molar-refractivity contribution in [2.24, 2.45) is 38.7 Å². The van der Waals surface area contributed by atoms with Crippen molar-refractivity contribution in [3.05, 3.63) is 36.0 Å². The van der Waals surface area contributed by atoms with Crippen molar-refractivity contribution < 1.29 is 34.2 Å². The summed E-state index contributed by atoms with van der Waals surface area (Å²) in [5.41, 5.74) is 28.7. The van der Waals surface area contributed by atoms with E-state index >= 15 is 0 Å². The Morgan fingerprint density at radius 3 is 1.93 bits per heavy atom. The molecule has 0 bridgehead atoms. The Morgan fingerprint density at radius 2 is 1.33 bits per heavy atom. The largest absolute Gasteiger partial charge is 0.481 e. The highest BCUT2D eigenvalue weighted by Crippen LogP contribution is 2.19. The summed E-state index contributed by atoms with van der Waals surface area (Å²) in [6.07, 6.45) is 1.56. The quantitative estimate of drug-likeness (QED) is 0.0406. The first-order valence-corrected chi connectivity index (χ1v) is 14.6. The van der Waals surface area contributed by atoms with Gasteiger partial charge in [-0.15, -0.1) is 0 Å². The smallest absolute Gasteiger partial charge is 0.326 e. The molecule has 1 heterocycles. The van der Waals surface area contributed by atoms with Gasteiger partial charge >= 0.3 is 11.9 Å². The molecule has 0 saturated heterocycles. The predicted octanol–water partition coefficient (Wildman–Crippen LogP) is -2.45. The number of para-hydroxylation sites is 1. The Labute approximate surface area is 264 Å². The number of H-pyrrole nitrogens is 1. The minimum atomic E-state index is -1.45. The highest BCUT2D eigenvalue weighted by molar-refractivity contribution is 5.95. The molecule has 0 aliphatic rings. The van der Waals surface area contributed by atoms with E-state index in [1.165, 1.54) is 0 Å². The summed E-state index contributed by atoms with van der Waals surface area (Å²) in [5.74, 6) is -5.24. The molecule has 0 radical (unpaired) electrons. The van der Waals surface area contributed by atoms with Gasteiger partial charge in [0, 0.05) is 43.0 Å². The van der Waals surface area contributed by atoms with Crippen LogP contribution in [0.2, 0.25) is 0 Å². The zero-order chi connectivity index (χ0) is 34.2. The Hall–Kier alpha value is -5.39. The molecule has 4 atom stereocenters. The van der Waals surface area contributed by atoms with E-state index in [0.717, 1.165) is 10.9 Å². The summed E-state index contributed by atoms with van der Waals surface area (Å²) in [6, 6.07) is 2.22. The molecular weight excluding hydrogens is 602 g/mol. The first-order chi connectivity index (χ1) is 21.8. The average molecular weight is 646 g/mol. The van der Waals surface area contributed by atoms with Gasteiger partial charge in [0.2, 0.25) is 17.7 Å². The van der Waals surface area contributed by atoms with Gasteiger partial charge in [0.25, 0.3) is 0 Å². The molecule has 1 aromatic heterocycles. The number of aliphatic carboxylic acids is 2. The Morgan fingerprint density at radius 1 is 0.761 bits per heavy atom. The molecule has 2 aromatic rings. The predicted molar refractivity (Wildman–Crippen MR) is 170 cm³/mol. The highest BCUT2D eigenvalue weighted by Gasteiger charge is 2.31. The molecule has 0 aliphatic carbocycles. The molecule has 18 heteroatoms. The van der Waals surface area contributed by atoms with E-state index in [0.29, 0.717) is 12.0 Å². The van der Waals surface area contributed by atoms with Crippen LogP contribution in [0.25, 0.3) is 10.9 Å². The van der Waals surface area contributed by atoms with Crippen LogP contribution in [-0.4, -0.2) is 94.0 Å². The second kappa shape index (κ2) is 18.4. The Balaban J connectivity index is 2.26. The number of hydrogen-bond donors (Lipinski definition) is 11. The van der Waals surface area contributed by atoms with E-state index in [-0.39, 0.29) is 57.1 Å². The summed E-state index contributed by atoms with van der Waals surface area (Å²) >= 11 is 0. The lowest BCUT2D eigenvalue weighted by Gasteiger charge is -2.25. The number of nitrogens with zero attached hydrogens (tertiary/aromatic N) is 2. The summed E-state index contributed by atoms with van der Waals surface area (Å²) in [7, 11) is 0. The number of benzene rings is 1. The molecule has 252 valence electrons. The Bertz CT molecular complexity index is 1420. The normalized spacial score (nSPS) is 13.4. The maximum atomic E-state index is 13.6. The molecule has 0 spiro atoms. The second-order valence-corrected chi connectivity index (χ2v) is 10.5. The number of hydrogen-bond acceptors (Lipinski definition) is 8. The van der Waals surface area contributed by atoms with Crippen LogP contribution < -0.4 is 44.6 Å². The van der Waals surface area contributed by atoms with Crippen LogP contribution >= 0.6 is 0 Å². The minimum Gasteiger partial charge on any atom is -0.481 e. The number of nitrogens with one attached hydrogen (secondary N) is 4. The maximum Gasteiger partial charge on any atom is 0.326 e. The number of carboxylic acids is 2. The van der Waals surface area contributed by atoms with E-state index in [1.54, 1.807) is 6.20 Å². The molecular formula is C28H43N11O7. The summed E-state index contributed by atoms with van der Waals surface area (Å²) in [6.45, 7) is 0.362. The van der Waals surface area contributed by atoms with Crippen LogP contribution in [0.4, 0.5) is 0 Å². The van der Waals surface area contributed by atoms with Gasteiger partial charge < -0.3 is 59.8 Å². The summed E-state index contributed by atoms with van der Waals surface area (Å²) in [5, 5.41) is 27.1. The molecule has 1 aromatic carbocycles. The third kappa shape index (κ3) is 12.7. The van der Waals surface area contributed by atoms with Crippen LogP contribution in [0.15, 0.2) is 40.4 Å². The van der Waals surface area contributed by atoms with Gasteiger partial charge in [-0.3, -0.25) is 29.2 Å². The molecule has 16 N–H and O–H groups in total. The highest BCUT2D eigenvalue weighted by atomic mass is 16.4. The molecule has 4 unspecified atom stereocenters. The van der Waals surface area contributed by atoms with Gasteiger partial charge in [-0.1, -0.05) is 18.2 Å². The van der Waals surface area contributed by atoms with Gasteiger partial charge in [-0.05, 0) is 43.7 Å². The van der Waals surface area contributed by atoms with Gasteiger partial charge in [0.05, 0.1) is 6.04 Å². The number of aliphatic imine (C=N–C) groups is 2. The standard InChI is InChI=1S/C28H43N11O7/c29-17(6-3-11-34-27(30)31)23(42)39-21(13-15-14-36-18-7-2-1-5-16(15)18)25(44)37-19(9-10-22(40)41)24(43)38-20(26(45)46)8-4-12-35-28(32)33/h1-2,5,7,14,17,19-21,36H,3-4,6,8-13,29H2,(H,37,44)(H,38,43)(H,39,42)(H,40,41)(H,45,46)(H4,30,31,34)(H4,32,33,35). The van der Waals surface area contributed by atoms with Gasteiger partial charge in [-0.2, -0.15) is 0 Å². The van der Waals surface area contributed by atoms with Crippen LogP contribution in [0.1, 0.15) is 44.1 Å². The number of aromatic amines is 1. The number of carbonyl (C=O) groups is 5. The van der Waals surface area contributed by atoms with Crippen molar-refractivity contribution in [2.75, 3.05) is 13.1 Å². The zero-order valence-corrected chi connectivity index (χ0v) is 25.3. The fourth-order valence-electron chi connectivity index (χ4n) is 4.50. The lowest BCUT2D eigenvalue weighted by atomic mass is 10.0. The lowest BCUT2D eigenvalue weighted by molar-refractivity contribution is -0.143. The fourth-order valence-corrected chi connectivity index (χ4v) is 4.50. The second-order valence-electron chi connectivity index (χ2n) is 10.5. The van der Waals surface area contributed by atoms with Crippen molar-refractivity contribution in [3.8, 4) is 0 Å². The first kappa shape index (κ1) is 36.8. The molecule has 0 fully saturated rings. The number of aromatic nitrogens is 1. The number of guanidine groups is 2. The maximum absolute atomic E-state index is 13.6. The molecule has 46 heavy (non-hydrogen) atoms. The summed E-state index contributed by atoms with van der Waals surface area (Å²) < 4.78 is 0. The first-order valence-electron chi connectivity index (χ1n) is 14.6. The molecule has 0 saturated carbocycles. The molecule has 3 amide bonds. The molecule has 0 aliphatic heterocycles. The van der Waals surface area contributed by atoms with Gasteiger partial charge in [0.1, 0.15) is 18.1 Å². The third-order valence-electron chi connectivity index (χ3n) is 6.88. The number of carboxylic acid groups (broad SMARTS) is 2. The van der Waals surface area contributed by atoms with E-state index in [9.17, 15) is 34.2 Å². The monoisotopic (exact) mass is 645 g/mol. The van der Waals surface area contributed by atoms with Crippen molar-refractivity contribution >= 4 is 52.5 Å². The Kier molecular flexibility index (Phi) is 14.7. The SMILES string of the molecule is NC(N)=NCCCC(N)C(=O)NC(Cc1c[nH]c2ccccc12)C(=O)NC(CCC(=O)O)C(=O)NC(CCCN=C(N)N)C(=O)O. The van der Waals surface area contributed by atoms with Gasteiger partial charge in [0.15, 0.2) is 11.9 Å². The van der Waals surface area contributed by atoms with Crippen molar-refractivity contribution in [1.82, 2.24) is 20.9 Å². The van der Waals surface area contributed by atoms with E-state index in [1.807, 2.05) is 24.3 Å². The zero-order valence-electron chi connectivity index (χ0n) is 25.3. The molecule has 18 nitrogen and oxygen atoms in total. The third-order valence-corrected chi connectivity index (χ3v) is 6.88. The van der Waals surface area contributed by atoms with Crippen LogP contribution in [0.5, 0.6) is 0 Å². The van der Waals surface area contributed by atoms with E-state index in [4.69, 9.17) is 28.7 Å². The molecule has 2 rings (SSSR count). The van der Waals surface area contributed by atoms with E-state index in [2.05, 4.69) is 30.9 Å². The topological polar surface area (TPSA) is 333 Å². The number of amides is 3. The van der Waals surface area contributed by atoms with Crippen molar-refractivity contribution in [2.45, 2.75) is 69.1 Å². The minimum absolute atomic E-state index is 0.0158. The average Bonchev–Trinajstić information content (AvgIpc) is 3.40. The number of fused-ring (bicyclic) bond motifs is 1. The number of rotatable bonds is 20.